The average molecular weight is 352 g/mol. The lowest BCUT2D eigenvalue weighted by molar-refractivity contribution is -0.146. The molecular weight excluding hydrogens is 324 g/mol. The highest BCUT2D eigenvalue weighted by Crippen LogP contribution is 2.21. The predicted molar refractivity (Wildman–Crippen MR) is 105 cm³/mol. The number of benzene rings is 2. The summed E-state index contributed by atoms with van der Waals surface area (Å²) in [7, 11) is 0. The summed E-state index contributed by atoms with van der Waals surface area (Å²) in [5, 5.41) is 2.93. The Morgan fingerprint density at radius 2 is 1.38 bits per heavy atom. The Labute approximate surface area is 156 Å². The summed E-state index contributed by atoms with van der Waals surface area (Å²) in [5.41, 5.74) is 1.91. The highest BCUT2D eigenvalue weighted by Gasteiger charge is 2.25. The van der Waals surface area contributed by atoms with Crippen LogP contribution in [0.3, 0.4) is 0 Å². The number of hydrogen-bond donors (Lipinski definition) is 1. The third-order valence-electron chi connectivity index (χ3n) is 4.30. The summed E-state index contributed by atoms with van der Waals surface area (Å²) in [4.78, 5) is 27.0. The molecule has 0 unspecified atom stereocenters. The van der Waals surface area contributed by atoms with Crippen molar-refractivity contribution in [3.63, 3.8) is 0 Å². The van der Waals surface area contributed by atoms with Crippen molar-refractivity contribution in [2.75, 3.05) is 13.1 Å². The van der Waals surface area contributed by atoms with Gasteiger partial charge in [0.2, 0.25) is 0 Å². The normalized spacial score (nSPS) is 10.6. The van der Waals surface area contributed by atoms with Crippen molar-refractivity contribution in [2.24, 2.45) is 0 Å². The molecule has 0 aliphatic heterocycles. The molecule has 0 spiro atoms. The fraction of sp³-hybridized carbons (Fsp3) is 0.364. The van der Waals surface area contributed by atoms with Gasteiger partial charge in [-0.1, -0.05) is 80.9 Å². The standard InChI is InChI=1S/C22H28N2O2/c1-3-5-17-24(16-4-2)22(26)21(25)23-20(18-12-8-6-9-13-18)19-14-10-7-11-15-19/h6-15,20H,3-5,16-17H2,1-2H3,(H,23,25). The molecule has 0 aromatic heterocycles. The molecule has 26 heavy (non-hydrogen) atoms. The molecule has 4 nitrogen and oxygen atoms in total. The number of unbranched alkanes of at least 4 members (excludes halogenated alkanes) is 1. The van der Waals surface area contributed by atoms with E-state index in [0.29, 0.717) is 13.1 Å². The fourth-order valence-electron chi connectivity index (χ4n) is 2.92. The summed E-state index contributed by atoms with van der Waals surface area (Å²) < 4.78 is 0. The Bertz CT molecular complexity index is 646. The lowest BCUT2D eigenvalue weighted by Crippen LogP contribution is -2.45. The Morgan fingerprint density at radius 1 is 0.846 bits per heavy atom. The maximum Gasteiger partial charge on any atom is 0.311 e. The molecule has 1 N–H and O–H groups in total. The molecule has 0 radical (unpaired) electrons. The first-order chi connectivity index (χ1) is 12.7. The van der Waals surface area contributed by atoms with Crippen LogP contribution in [0.15, 0.2) is 60.7 Å². The first-order valence-corrected chi connectivity index (χ1v) is 9.37. The zero-order valence-corrected chi connectivity index (χ0v) is 15.7. The van der Waals surface area contributed by atoms with Crippen LogP contribution in [0, 0.1) is 0 Å². The van der Waals surface area contributed by atoms with Crippen LogP contribution < -0.4 is 5.32 Å². The van der Waals surface area contributed by atoms with Gasteiger partial charge in [0.1, 0.15) is 0 Å². The van der Waals surface area contributed by atoms with Crippen molar-refractivity contribution < 1.29 is 9.59 Å². The van der Waals surface area contributed by atoms with Crippen molar-refractivity contribution in [2.45, 2.75) is 39.2 Å². The first-order valence-electron chi connectivity index (χ1n) is 9.37. The van der Waals surface area contributed by atoms with Crippen LogP contribution in [0.1, 0.15) is 50.3 Å². The molecule has 2 aromatic rings. The zero-order valence-electron chi connectivity index (χ0n) is 15.7. The average Bonchev–Trinajstić information content (AvgIpc) is 2.70. The van der Waals surface area contributed by atoms with Gasteiger partial charge in [-0.25, -0.2) is 0 Å². The van der Waals surface area contributed by atoms with Gasteiger partial charge < -0.3 is 10.2 Å². The number of carbonyl (C=O) groups is 2. The molecule has 0 atom stereocenters. The smallest absolute Gasteiger partial charge is 0.311 e. The number of carbonyl (C=O) groups excluding carboxylic acids is 2. The fourth-order valence-corrected chi connectivity index (χ4v) is 2.92. The number of hydrogen-bond acceptors (Lipinski definition) is 2. The molecule has 2 amide bonds. The van der Waals surface area contributed by atoms with Crippen LogP contribution in [-0.2, 0) is 9.59 Å². The van der Waals surface area contributed by atoms with Gasteiger partial charge >= 0.3 is 11.8 Å². The molecule has 0 aliphatic rings. The Hall–Kier alpha value is -2.62. The second kappa shape index (κ2) is 10.4. The molecule has 0 aliphatic carbocycles. The quantitative estimate of drug-likeness (QED) is 0.732. The van der Waals surface area contributed by atoms with Crippen LogP contribution in [0.25, 0.3) is 0 Å². The lowest BCUT2D eigenvalue weighted by Gasteiger charge is -2.24. The van der Waals surface area contributed by atoms with Crippen molar-refractivity contribution in [1.29, 1.82) is 0 Å². The summed E-state index contributed by atoms with van der Waals surface area (Å²) in [6.45, 7) is 5.32. The van der Waals surface area contributed by atoms with E-state index in [1.165, 1.54) is 0 Å². The second-order valence-corrected chi connectivity index (χ2v) is 6.37. The van der Waals surface area contributed by atoms with Gasteiger partial charge in [0, 0.05) is 13.1 Å². The van der Waals surface area contributed by atoms with E-state index in [1.54, 1.807) is 4.90 Å². The monoisotopic (exact) mass is 352 g/mol. The number of nitrogens with zero attached hydrogens (tertiary/aromatic N) is 1. The van der Waals surface area contributed by atoms with E-state index in [0.717, 1.165) is 30.4 Å². The van der Waals surface area contributed by atoms with E-state index in [1.807, 2.05) is 67.6 Å². The van der Waals surface area contributed by atoms with Gasteiger partial charge in [-0.3, -0.25) is 9.59 Å². The van der Waals surface area contributed by atoms with Crippen LogP contribution >= 0.6 is 0 Å². The van der Waals surface area contributed by atoms with Gasteiger partial charge in [0.25, 0.3) is 0 Å². The Kier molecular flexibility index (Phi) is 7.87. The summed E-state index contributed by atoms with van der Waals surface area (Å²) in [6.07, 6.45) is 2.73. The molecular formula is C22H28N2O2. The third kappa shape index (κ3) is 5.45. The summed E-state index contributed by atoms with van der Waals surface area (Å²) in [5.74, 6) is -0.996. The maximum atomic E-state index is 12.7. The topological polar surface area (TPSA) is 49.4 Å². The first kappa shape index (κ1) is 19.7. The van der Waals surface area contributed by atoms with Crippen LogP contribution in [0.4, 0.5) is 0 Å². The van der Waals surface area contributed by atoms with E-state index in [4.69, 9.17) is 0 Å². The minimum Gasteiger partial charge on any atom is -0.337 e. The largest absolute Gasteiger partial charge is 0.337 e. The lowest BCUT2D eigenvalue weighted by atomic mass is 9.98. The molecule has 0 heterocycles. The van der Waals surface area contributed by atoms with E-state index in [9.17, 15) is 9.59 Å². The van der Waals surface area contributed by atoms with Gasteiger partial charge in [-0.05, 0) is 24.0 Å². The SMILES string of the molecule is CCCCN(CCC)C(=O)C(=O)NC(c1ccccc1)c1ccccc1. The van der Waals surface area contributed by atoms with Crippen molar-refractivity contribution >= 4 is 11.8 Å². The van der Waals surface area contributed by atoms with Gasteiger partial charge in [0.15, 0.2) is 0 Å². The molecule has 2 aromatic carbocycles. The Balaban J connectivity index is 2.19. The number of amides is 2. The van der Waals surface area contributed by atoms with E-state index in [2.05, 4.69) is 12.2 Å². The van der Waals surface area contributed by atoms with Gasteiger partial charge in [-0.15, -0.1) is 0 Å². The highest BCUT2D eigenvalue weighted by atomic mass is 16.2. The molecule has 138 valence electrons. The number of rotatable bonds is 8. The molecule has 0 fully saturated rings. The third-order valence-corrected chi connectivity index (χ3v) is 4.30. The van der Waals surface area contributed by atoms with Crippen molar-refractivity contribution in [1.82, 2.24) is 10.2 Å². The molecule has 4 heteroatoms. The molecule has 0 saturated carbocycles. The van der Waals surface area contributed by atoms with Gasteiger partial charge in [-0.2, -0.15) is 0 Å². The minimum absolute atomic E-state index is 0.344. The highest BCUT2D eigenvalue weighted by molar-refractivity contribution is 6.35. The maximum absolute atomic E-state index is 12.7. The molecule has 2 rings (SSSR count). The zero-order chi connectivity index (χ0) is 18.8. The van der Waals surface area contributed by atoms with E-state index >= 15 is 0 Å². The minimum atomic E-state index is -0.549. The Morgan fingerprint density at radius 3 is 1.85 bits per heavy atom. The summed E-state index contributed by atoms with van der Waals surface area (Å²) >= 11 is 0. The van der Waals surface area contributed by atoms with Gasteiger partial charge in [0.05, 0.1) is 6.04 Å². The van der Waals surface area contributed by atoms with Crippen LogP contribution in [0.5, 0.6) is 0 Å². The van der Waals surface area contributed by atoms with E-state index in [-0.39, 0.29) is 6.04 Å². The van der Waals surface area contributed by atoms with Crippen molar-refractivity contribution in [3.8, 4) is 0 Å². The predicted octanol–water partition coefficient (Wildman–Crippen LogP) is 3.93. The van der Waals surface area contributed by atoms with Crippen LogP contribution in [-0.4, -0.2) is 29.8 Å². The molecule has 0 bridgehead atoms. The molecule has 0 saturated heterocycles. The van der Waals surface area contributed by atoms with E-state index < -0.39 is 11.8 Å². The number of nitrogens with one attached hydrogen (secondary N) is 1. The van der Waals surface area contributed by atoms with Crippen LogP contribution in [0.2, 0.25) is 0 Å². The van der Waals surface area contributed by atoms with Crippen molar-refractivity contribution in [3.05, 3.63) is 71.8 Å². The summed E-state index contributed by atoms with van der Waals surface area (Å²) in [6, 6.07) is 19.1. The second-order valence-electron chi connectivity index (χ2n) is 6.37.